The highest BCUT2D eigenvalue weighted by Gasteiger charge is 2.34. The van der Waals surface area contributed by atoms with Crippen LogP contribution in [-0.4, -0.2) is 56.3 Å². The first-order chi connectivity index (χ1) is 21.3. The molecule has 9 rings (SSSR count). The molecule has 9 heteroatoms. The van der Waals surface area contributed by atoms with Gasteiger partial charge in [-0.05, 0) is 90.4 Å². The molecule has 4 aromatic carbocycles. The molecule has 0 N–H and O–H groups in total. The second-order valence-corrected chi connectivity index (χ2v) is 12.5. The molecule has 0 unspecified atom stereocenters. The number of anilines is 4. The van der Waals surface area contributed by atoms with Gasteiger partial charge in [-0.3, -0.25) is 9.13 Å². The van der Waals surface area contributed by atoms with Gasteiger partial charge in [0, 0.05) is 32.9 Å². The van der Waals surface area contributed by atoms with Gasteiger partial charge in [-0.2, -0.15) is 0 Å². The van der Waals surface area contributed by atoms with E-state index < -0.39 is 0 Å². The zero-order valence-corrected chi connectivity index (χ0v) is 25.9. The molecule has 44 heavy (non-hydrogen) atoms. The Morgan fingerprint density at radius 2 is 0.818 bits per heavy atom. The van der Waals surface area contributed by atoms with Crippen LogP contribution < -0.4 is 19.2 Å². The van der Waals surface area contributed by atoms with E-state index in [9.17, 15) is 0 Å². The van der Waals surface area contributed by atoms with E-state index in [1.165, 1.54) is 55.3 Å². The highest BCUT2D eigenvalue weighted by Crippen LogP contribution is 2.45. The Hall–Kier alpha value is -5.04. The summed E-state index contributed by atoms with van der Waals surface area (Å²) in [5, 5.41) is 4.97. The number of pyridine rings is 1. The standard InChI is InChI=1S/C35H33B2N7/c1-36-39(3)30-18-24-22-12-7-9-14-26(22)43(28(24)20-32(30)41(36)5)34-16-11-17-35(38-34)44-27-15-10-8-13-23(27)25-19-31-33(21-29(25)44)42(6)37(2)40(31)4/h7-21H,1-6H3. The smallest absolute Gasteiger partial charge is 0.371 e. The lowest BCUT2D eigenvalue weighted by Crippen LogP contribution is -2.41. The van der Waals surface area contributed by atoms with Crippen molar-refractivity contribution in [3.63, 3.8) is 0 Å². The molecule has 7 aromatic rings. The maximum Gasteiger partial charge on any atom is 0.371 e. The fourth-order valence-electron chi connectivity index (χ4n) is 7.59. The predicted molar refractivity (Wildman–Crippen MR) is 190 cm³/mol. The Morgan fingerprint density at radius 3 is 1.25 bits per heavy atom. The first-order valence-corrected chi connectivity index (χ1v) is 15.4. The Kier molecular flexibility index (Phi) is 5.07. The summed E-state index contributed by atoms with van der Waals surface area (Å²) in [6, 6.07) is 33.2. The number of fused-ring (bicyclic) bond motifs is 8. The van der Waals surface area contributed by atoms with E-state index in [1.54, 1.807) is 0 Å². The van der Waals surface area contributed by atoms with Crippen LogP contribution >= 0.6 is 0 Å². The molecule has 0 bridgehead atoms. The van der Waals surface area contributed by atoms with Gasteiger partial charge in [-0.15, -0.1) is 0 Å². The van der Waals surface area contributed by atoms with Crippen molar-refractivity contribution in [3.8, 4) is 11.6 Å². The molecule has 0 saturated heterocycles. The van der Waals surface area contributed by atoms with Crippen LogP contribution in [0.1, 0.15) is 0 Å². The van der Waals surface area contributed by atoms with Crippen LogP contribution in [0.4, 0.5) is 22.7 Å². The maximum atomic E-state index is 5.42. The van der Waals surface area contributed by atoms with Gasteiger partial charge in [0.25, 0.3) is 0 Å². The SMILES string of the molecule is CB1N(C)c2cc3c4ccccc4n(-c4cccc(-n5c6ccccc6c6cc7c(cc65)N(C)B(C)N7C)n4)c3cc2N1C. The largest absolute Gasteiger partial charge is 0.397 e. The molecule has 0 fully saturated rings. The number of hydrogen-bond acceptors (Lipinski definition) is 5. The Labute approximate surface area is 257 Å². The van der Waals surface area contributed by atoms with Crippen molar-refractivity contribution >= 4 is 80.3 Å². The van der Waals surface area contributed by atoms with Crippen molar-refractivity contribution in [3.05, 3.63) is 91.0 Å². The lowest BCUT2D eigenvalue weighted by molar-refractivity contribution is 1.01. The highest BCUT2D eigenvalue weighted by molar-refractivity contribution is 6.69. The van der Waals surface area contributed by atoms with Crippen molar-refractivity contribution in [1.82, 2.24) is 14.1 Å². The van der Waals surface area contributed by atoms with Crippen molar-refractivity contribution in [2.75, 3.05) is 47.4 Å². The molecule has 0 spiro atoms. The third-order valence-corrected chi connectivity index (χ3v) is 10.5. The van der Waals surface area contributed by atoms with Gasteiger partial charge in [0.15, 0.2) is 0 Å². The van der Waals surface area contributed by atoms with Gasteiger partial charge < -0.3 is 19.2 Å². The number of rotatable bonds is 2. The second-order valence-electron chi connectivity index (χ2n) is 12.5. The minimum atomic E-state index is 0.302. The molecular weight excluding hydrogens is 540 g/mol. The second kappa shape index (κ2) is 8.76. The van der Waals surface area contributed by atoms with Gasteiger partial charge in [0.2, 0.25) is 0 Å². The van der Waals surface area contributed by atoms with Gasteiger partial charge in [-0.25, -0.2) is 4.98 Å². The number of para-hydroxylation sites is 2. The monoisotopic (exact) mass is 573 g/mol. The van der Waals surface area contributed by atoms with Gasteiger partial charge in [0.05, 0.1) is 33.4 Å². The van der Waals surface area contributed by atoms with E-state index in [0.29, 0.717) is 14.0 Å². The lowest BCUT2D eigenvalue weighted by atomic mass is 9.78. The van der Waals surface area contributed by atoms with E-state index in [-0.39, 0.29) is 0 Å². The van der Waals surface area contributed by atoms with Crippen molar-refractivity contribution in [2.45, 2.75) is 13.6 Å². The molecule has 7 nitrogen and oxygen atoms in total. The molecule has 2 aliphatic heterocycles. The summed E-state index contributed by atoms with van der Waals surface area (Å²) < 4.78 is 4.67. The molecule has 0 atom stereocenters. The van der Waals surface area contributed by atoms with Crippen LogP contribution in [0.5, 0.6) is 0 Å². The van der Waals surface area contributed by atoms with Crippen LogP contribution in [0.3, 0.4) is 0 Å². The summed E-state index contributed by atoms with van der Waals surface area (Å²) in [5.41, 5.74) is 9.67. The Morgan fingerprint density at radius 1 is 0.432 bits per heavy atom. The molecule has 214 valence electrons. The van der Waals surface area contributed by atoms with E-state index >= 15 is 0 Å². The van der Waals surface area contributed by atoms with E-state index in [0.717, 1.165) is 22.7 Å². The summed E-state index contributed by atoms with van der Waals surface area (Å²) in [6.45, 7) is 5.10. The minimum absolute atomic E-state index is 0.302. The molecule has 3 aromatic heterocycles. The molecule has 0 aliphatic carbocycles. The van der Waals surface area contributed by atoms with Crippen LogP contribution in [0, 0.1) is 0 Å². The average Bonchev–Trinajstić information content (AvgIpc) is 3.69. The number of benzene rings is 4. The molecular formula is C35H33B2N7. The third-order valence-electron chi connectivity index (χ3n) is 10.5. The highest BCUT2D eigenvalue weighted by atomic mass is 15.3. The quantitative estimate of drug-likeness (QED) is 0.203. The number of aromatic nitrogens is 3. The van der Waals surface area contributed by atoms with Gasteiger partial charge in [0.1, 0.15) is 11.6 Å². The third kappa shape index (κ3) is 3.16. The molecule has 0 radical (unpaired) electrons. The lowest BCUT2D eigenvalue weighted by Gasteiger charge is -2.18. The van der Waals surface area contributed by atoms with Crippen molar-refractivity contribution < 1.29 is 0 Å². The average molecular weight is 573 g/mol. The summed E-state index contributed by atoms with van der Waals surface area (Å²) in [5.74, 6) is 1.82. The molecule has 0 saturated carbocycles. The van der Waals surface area contributed by atoms with Crippen LogP contribution in [0.15, 0.2) is 91.0 Å². The van der Waals surface area contributed by atoms with Crippen LogP contribution in [0.25, 0.3) is 55.2 Å². The van der Waals surface area contributed by atoms with E-state index in [4.69, 9.17) is 4.98 Å². The summed E-state index contributed by atoms with van der Waals surface area (Å²) in [6.07, 6.45) is 0. The normalized spacial score (nSPS) is 14.8. The van der Waals surface area contributed by atoms with Crippen molar-refractivity contribution in [2.24, 2.45) is 0 Å². The molecule has 0 amide bonds. The van der Waals surface area contributed by atoms with Gasteiger partial charge in [-0.1, -0.05) is 42.5 Å². The fraction of sp³-hybridized carbons (Fsp3) is 0.171. The maximum absolute atomic E-state index is 5.42. The Bertz CT molecular complexity index is 2160. The molecule has 2 aliphatic rings. The zero-order chi connectivity index (χ0) is 30.0. The van der Waals surface area contributed by atoms with E-state index in [1.807, 2.05) is 0 Å². The summed E-state index contributed by atoms with van der Waals surface area (Å²) >= 11 is 0. The number of hydrogen-bond donors (Lipinski definition) is 0. The first kappa shape index (κ1) is 25.5. The zero-order valence-electron chi connectivity index (χ0n) is 25.9. The fourth-order valence-corrected chi connectivity index (χ4v) is 7.59. The van der Waals surface area contributed by atoms with Crippen LogP contribution in [-0.2, 0) is 0 Å². The number of nitrogens with zero attached hydrogens (tertiary/aromatic N) is 7. The van der Waals surface area contributed by atoms with Crippen LogP contribution in [0.2, 0.25) is 13.6 Å². The first-order valence-electron chi connectivity index (χ1n) is 15.4. The van der Waals surface area contributed by atoms with Crippen molar-refractivity contribution in [1.29, 1.82) is 0 Å². The molecule has 5 heterocycles. The van der Waals surface area contributed by atoms with Gasteiger partial charge >= 0.3 is 14.0 Å². The topological polar surface area (TPSA) is 35.7 Å². The summed E-state index contributed by atoms with van der Waals surface area (Å²) in [4.78, 5) is 14.8. The Balaban J connectivity index is 1.31. The minimum Gasteiger partial charge on any atom is -0.397 e. The van der Waals surface area contributed by atoms with E-state index in [2.05, 4.69) is 161 Å². The predicted octanol–water partition coefficient (Wildman–Crippen LogP) is 7.28. The summed E-state index contributed by atoms with van der Waals surface area (Å²) in [7, 11) is 8.72.